The lowest BCUT2D eigenvalue weighted by molar-refractivity contribution is -0.138. The van der Waals surface area contributed by atoms with E-state index in [4.69, 9.17) is 10.5 Å². The quantitative estimate of drug-likeness (QED) is 0.831. The number of carbonyl (C=O) groups is 1. The predicted octanol–water partition coefficient (Wildman–Crippen LogP) is 3.24. The smallest absolute Gasteiger partial charge is 0.338 e. The Morgan fingerprint density at radius 1 is 1.15 bits per heavy atom. The van der Waals surface area contributed by atoms with Crippen molar-refractivity contribution in [2.24, 2.45) is 10.7 Å². The van der Waals surface area contributed by atoms with E-state index in [-0.39, 0.29) is 11.9 Å². The molecule has 3 N–H and O–H groups in total. The van der Waals surface area contributed by atoms with Gasteiger partial charge in [0.25, 0.3) is 0 Å². The van der Waals surface area contributed by atoms with E-state index in [1.165, 1.54) is 0 Å². The van der Waals surface area contributed by atoms with E-state index in [1.807, 2.05) is 56.3 Å². The molecule has 2 aromatic rings. The molecule has 0 aliphatic carbocycles. The molecule has 0 radical (unpaired) electrons. The van der Waals surface area contributed by atoms with Gasteiger partial charge in [0.2, 0.25) is 0 Å². The van der Waals surface area contributed by atoms with Gasteiger partial charge in [-0.05, 0) is 31.9 Å². The molecule has 2 aromatic carbocycles. The Morgan fingerprint density at radius 3 is 2.42 bits per heavy atom. The van der Waals surface area contributed by atoms with Gasteiger partial charge in [-0.2, -0.15) is 0 Å². The zero-order valence-corrected chi connectivity index (χ0v) is 15.2. The van der Waals surface area contributed by atoms with Gasteiger partial charge in [0.1, 0.15) is 6.04 Å². The summed E-state index contributed by atoms with van der Waals surface area (Å²) < 4.78 is 5.33. The first-order chi connectivity index (χ1) is 12.5. The number of carbonyl (C=O) groups excluding carboxylic acids is 1. The maximum Gasteiger partial charge on any atom is 0.338 e. The normalized spacial score (nSPS) is 16.7. The van der Waals surface area contributed by atoms with E-state index in [0.29, 0.717) is 17.9 Å². The SMILES string of the molecule is CCOC(=O)C1=C(c2ccccc2)NC(N)=NC1c1cc(C)cc(C)c1. The summed E-state index contributed by atoms with van der Waals surface area (Å²) in [6.07, 6.45) is 0. The Hall–Kier alpha value is -3.08. The van der Waals surface area contributed by atoms with Crippen molar-refractivity contribution in [1.82, 2.24) is 5.32 Å². The highest BCUT2D eigenvalue weighted by molar-refractivity contribution is 6.04. The maximum absolute atomic E-state index is 12.8. The Bertz CT molecular complexity index is 865. The topological polar surface area (TPSA) is 76.7 Å². The van der Waals surface area contributed by atoms with E-state index < -0.39 is 6.04 Å². The number of aryl methyl sites for hydroxylation is 2. The van der Waals surface area contributed by atoms with Crippen LogP contribution in [0.25, 0.3) is 5.70 Å². The van der Waals surface area contributed by atoms with Crippen LogP contribution in [0.3, 0.4) is 0 Å². The number of rotatable bonds is 4. The number of aliphatic imine (C=N–C) groups is 1. The minimum absolute atomic E-state index is 0.279. The van der Waals surface area contributed by atoms with Crippen molar-refractivity contribution in [2.45, 2.75) is 26.8 Å². The van der Waals surface area contributed by atoms with Gasteiger partial charge in [-0.1, -0.05) is 59.7 Å². The fraction of sp³-hybridized carbons (Fsp3) is 0.238. The minimum Gasteiger partial charge on any atom is -0.463 e. The molecule has 134 valence electrons. The third-order valence-electron chi connectivity index (χ3n) is 4.18. The van der Waals surface area contributed by atoms with Crippen molar-refractivity contribution >= 4 is 17.6 Å². The molecule has 1 unspecified atom stereocenters. The van der Waals surface area contributed by atoms with Crippen molar-refractivity contribution in [3.05, 3.63) is 76.4 Å². The molecule has 3 rings (SSSR count). The van der Waals surface area contributed by atoms with E-state index in [9.17, 15) is 4.79 Å². The fourth-order valence-corrected chi connectivity index (χ4v) is 3.23. The summed E-state index contributed by atoms with van der Waals surface area (Å²) >= 11 is 0. The molecule has 0 fully saturated rings. The van der Waals surface area contributed by atoms with Gasteiger partial charge in [-0.15, -0.1) is 0 Å². The summed E-state index contributed by atoms with van der Waals surface area (Å²) in [5, 5.41) is 3.06. The second-order valence-electron chi connectivity index (χ2n) is 6.34. The first-order valence-corrected chi connectivity index (χ1v) is 8.64. The van der Waals surface area contributed by atoms with E-state index in [2.05, 4.69) is 16.4 Å². The minimum atomic E-state index is -0.510. The lowest BCUT2D eigenvalue weighted by Crippen LogP contribution is -2.37. The number of nitrogens with zero attached hydrogens (tertiary/aromatic N) is 1. The average Bonchev–Trinajstić information content (AvgIpc) is 2.61. The highest BCUT2D eigenvalue weighted by Crippen LogP contribution is 2.35. The maximum atomic E-state index is 12.8. The number of hydrogen-bond acceptors (Lipinski definition) is 5. The standard InChI is InChI=1S/C21H23N3O2/c1-4-26-20(25)17-18(15-8-6-5-7-9-15)23-21(22)24-19(17)16-11-13(2)10-14(3)12-16/h5-12,19H,4H2,1-3H3,(H3,22,23,24). The monoisotopic (exact) mass is 349 g/mol. The summed E-state index contributed by atoms with van der Waals surface area (Å²) in [5.74, 6) is -0.111. The lowest BCUT2D eigenvalue weighted by atomic mass is 9.91. The van der Waals surface area contributed by atoms with Crippen LogP contribution in [0.15, 0.2) is 59.1 Å². The van der Waals surface area contributed by atoms with Gasteiger partial charge in [-0.25, -0.2) is 9.79 Å². The van der Waals surface area contributed by atoms with Crippen LogP contribution in [0, 0.1) is 13.8 Å². The highest BCUT2D eigenvalue weighted by atomic mass is 16.5. The van der Waals surface area contributed by atoms with Gasteiger partial charge in [0.05, 0.1) is 17.9 Å². The number of ether oxygens (including phenoxy) is 1. The van der Waals surface area contributed by atoms with Gasteiger partial charge < -0.3 is 15.8 Å². The van der Waals surface area contributed by atoms with Crippen molar-refractivity contribution in [3.8, 4) is 0 Å². The lowest BCUT2D eigenvalue weighted by Gasteiger charge is -2.26. The fourth-order valence-electron chi connectivity index (χ4n) is 3.23. The van der Waals surface area contributed by atoms with Gasteiger partial charge in [0.15, 0.2) is 5.96 Å². The van der Waals surface area contributed by atoms with Crippen LogP contribution in [0.4, 0.5) is 0 Å². The molecule has 26 heavy (non-hydrogen) atoms. The van der Waals surface area contributed by atoms with E-state index in [1.54, 1.807) is 6.92 Å². The number of nitrogens with two attached hydrogens (primary N) is 1. The summed E-state index contributed by atoms with van der Waals surface area (Å²) in [6, 6.07) is 15.3. The van der Waals surface area contributed by atoms with Crippen molar-refractivity contribution in [2.75, 3.05) is 6.61 Å². The summed E-state index contributed by atoms with van der Waals surface area (Å²) in [6.45, 7) is 6.14. The number of guanidine groups is 1. The molecule has 1 aliphatic heterocycles. The van der Waals surface area contributed by atoms with Crippen molar-refractivity contribution in [1.29, 1.82) is 0 Å². The van der Waals surface area contributed by atoms with E-state index in [0.717, 1.165) is 22.3 Å². The van der Waals surface area contributed by atoms with Crippen LogP contribution in [-0.4, -0.2) is 18.5 Å². The van der Waals surface area contributed by atoms with E-state index >= 15 is 0 Å². The largest absolute Gasteiger partial charge is 0.463 e. The molecule has 1 aliphatic rings. The molecule has 0 saturated carbocycles. The molecule has 0 bridgehead atoms. The average molecular weight is 349 g/mol. The molecular weight excluding hydrogens is 326 g/mol. The highest BCUT2D eigenvalue weighted by Gasteiger charge is 2.32. The molecule has 1 heterocycles. The number of benzene rings is 2. The van der Waals surface area contributed by atoms with Gasteiger partial charge in [-0.3, -0.25) is 0 Å². The first-order valence-electron chi connectivity index (χ1n) is 8.64. The van der Waals surface area contributed by atoms with Crippen molar-refractivity contribution < 1.29 is 9.53 Å². The Balaban J connectivity index is 2.20. The second-order valence-corrected chi connectivity index (χ2v) is 6.34. The summed E-state index contributed by atoms with van der Waals surface area (Å²) in [5.41, 5.74) is 11.2. The number of esters is 1. The first kappa shape index (κ1) is 17.7. The zero-order chi connectivity index (χ0) is 18.7. The third kappa shape index (κ3) is 3.61. The van der Waals surface area contributed by atoms with Crippen LogP contribution in [0.1, 0.15) is 35.2 Å². The molecule has 5 nitrogen and oxygen atoms in total. The Morgan fingerprint density at radius 2 is 1.81 bits per heavy atom. The second kappa shape index (κ2) is 7.44. The number of hydrogen-bond donors (Lipinski definition) is 2. The molecule has 0 saturated heterocycles. The van der Waals surface area contributed by atoms with Gasteiger partial charge in [0, 0.05) is 0 Å². The Kier molecular flexibility index (Phi) is 5.07. The van der Waals surface area contributed by atoms with Crippen LogP contribution >= 0.6 is 0 Å². The van der Waals surface area contributed by atoms with Crippen LogP contribution < -0.4 is 11.1 Å². The van der Waals surface area contributed by atoms with Crippen LogP contribution in [0.2, 0.25) is 0 Å². The zero-order valence-electron chi connectivity index (χ0n) is 15.2. The molecular formula is C21H23N3O2. The summed E-state index contributed by atoms with van der Waals surface area (Å²) in [7, 11) is 0. The number of nitrogens with one attached hydrogen (secondary N) is 1. The molecule has 0 amide bonds. The molecule has 5 heteroatoms. The van der Waals surface area contributed by atoms with Gasteiger partial charge >= 0.3 is 5.97 Å². The molecule has 1 atom stereocenters. The van der Waals surface area contributed by atoms with Crippen LogP contribution in [0.5, 0.6) is 0 Å². The Labute approximate surface area is 153 Å². The van der Waals surface area contributed by atoms with Crippen LogP contribution in [-0.2, 0) is 9.53 Å². The predicted molar refractivity (Wildman–Crippen MR) is 103 cm³/mol. The van der Waals surface area contributed by atoms with Crippen molar-refractivity contribution in [3.63, 3.8) is 0 Å². The summed E-state index contributed by atoms with van der Waals surface area (Å²) in [4.78, 5) is 17.3. The third-order valence-corrected chi connectivity index (χ3v) is 4.18. The molecule has 0 aromatic heterocycles. The molecule has 0 spiro atoms.